The summed E-state index contributed by atoms with van der Waals surface area (Å²) in [4.78, 5) is 14.5. The summed E-state index contributed by atoms with van der Waals surface area (Å²) in [6, 6.07) is 4.95. The first-order valence-corrected chi connectivity index (χ1v) is 15.6. The molecule has 1 amide bonds. The number of carbonyl (C=O) groups excluding carboxylic acids is 1. The minimum absolute atomic E-state index is 0.108. The minimum Gasteiger partial charge on any atom is -0.495 e. The van der Waals surface area contributed by atoms with E-state index in [1.54, 1.807) is 18.2 Å². The van der Waals surface area contributed by atoms with E-state index in [2.05, 4.69) is 5.32 Å². The molecular weight excluding hydrogens is 544 g/mol. The van der Waals surface area contributed by atoms with Crippen molar-refractivity contribution in [3.05, 3.63) is 23.2 Å². The van der Waals surface area contributed by atoms with Crippen LogP contribution >= 0.6 is 11.6 Å². The highest BCUT2D eigenvalue weighted by atomic mass is 35.5. The summed E-state index contributed by atoms with van der Waals surface area (Å²) in [5, 5.41) is 3.27. The molecule has 0 aliphatic carbocycles. The molecule has 0 unspecified atom stereocenters. The van der Waals surface area contributed by atoms with Gasteiger partial charge in [0.1, 0.15) is 5.75 Å². The molecule has 0 bridgehead atoms. The maximum Gasteiger partial charge on any atom is 0.282 e. The lowest BCUT2D eigenvalue weighted by molar-refractivity contribution is -0.117. The van der Waals surface area contributed by atoms with Crippen LogP contribution in [0.4, 0.5) is 5.69 Å². The first-order chi connectivity index (χ1) is 17.6. The topological polar surface area (TPSA) is 123 Å². The minimum atomic E-state index is -3.72. The molecule has 3 aliphatic rings. The van der Waals surface area contributed by atoms with Gasteiger partial charge in [-0.2, -0.15) is 34.1 Å². The van der Waals surface area contributed by atoms with E-state index in [4.69, 9.17) is 16.3 Å². The third-order valence-electron chi connectivity index (χ3n) is 6.95. The largest absolute Gasteiger partial charge is 0.495 e. The van der Waals surface area contributed by atoms with Gasteiger partial charge in [0.15, 0.2) is 0 Å². The van der Waals surface area contributed by atoms with Crippen molar-refractivity contribution >= 4 is 43.6 Å². The predicted octanol–water partition coefficient (Wildman–Crippen LogP) is 0.498. The van der Waals surface area contributed by atoms with Crippen LogP contribution in [0.25, 0.3) is 0 Å². The second-order valence-corrected chi connectivity index (χ2v) is 13.6. The normalized spacial score (nSPS) is 22.1. The number of nitrogens with zero attached hydrogens (tertiary/aromatic N) is 5. The number of ether oxygens (including phenoxy) is 1. The monoisotopic (exact) mass is 578 g/mol. The molecule has 4 rings (SSSR count). The third kappa shape index (κ3) is 6.74. The van der Waals surface area contributed by atoms with Gasteiger partial charge in [-0.15, -0.1) is 0 Å². The lowest BCUT2D eigenvalue weighted by Crippen LogP contribution is -2.59. The van der Waals surface area contributed by atoms with Gasteiger partial charge in [0, 0.05) is 70.5 Å². The van der Waals surface area contributed by atoms with Crippen LogP contribution in [0.3, 0.4) is 0 Å². The highest BCUT2D eigenvalue weighted by Crippen LogP contribution is 2.27. The van der Waals surface area contributed by atoms with E-state index in [1.165, 1.54) is 24.3 Å². The Bertz CT molecular complexity index is 1160. The zero-order chi connectivity index (χ0) is 26.6. The van der Waals surface area contributed by atoms with Crippen LogP contribution in [0.2, 0.25) is 5.02 Å². The number of amides is 1. The number of hydrogen-bond donors (Lipinski definition) is 1. The maximum absolute atomic E-state index is 13.2. The van der Waals surface area contributed by atoms with Crippen LogP contribution in [0.5, 0.6) is 5.75 Å². The summed E-state index contributed by atoms with van der Waals surface area (Å²) in [7, 11) is -5.77. The van der Waals surface area contributed by atoms with Crippen LogP contribution in [0.1, 0.15) is 19.3 Å². The molecule has 3 fully saturated rings. The predicted molar refractivity (Wildman–Crippen MR) is 141 cm³/mol. The SMILES string of the molecule is COc1ccc(Cl)cc1NC(=O)CN1CCN(S(=O)(=O)N2CCN(S(=O)(=O)N3CCCCC3)CC2)CC1. The van der Waals surface area contributed by atoms with Gasteiger partial charge in [-0.1, -0.05) is 18.0 Å². The summed E-state index contributed by atoms with van der Waals surface area (Å²) in [6.07, 6.45) is 2.75. The Kier molecular flexibility index (Phi) is 9.33. The molecule has 0 saturated carbocycles. The first kappa shape index (κ1) is 28.5. The van der Waals surface area contributed by atoms with Crippen LogP contribution in [0.15, 0.2) is 18.2 Å². The van der Waals surface area contributed by atoms with Gasteiger partial charge in [0.2, 0.25) is 5.91 Å². The average molecular weight is 579 g/mol. The number of piperidine rings is 1. The van der Waals surface area contributed by atoms with Gasteiger partial charge in [-0.05, 0) is 31.0 Å². The average Bonchev–Trinajstić information content (AvgIpc) is 2.89. The Morgan fingerprint density at radius 3 is 1.81 bits per heavy atom. The van der Waals surface area contributed by atoms with Crippen molar-refractivity contribution in [2.45, 2.75) is 19.3 Å². The molecule has 208 valence electrons. The van der Waals surface area contributed by atoms with Crippen LogP contribution in [-0.2, 0) is 25.2 Å². The number of anilines is 1. The molecule has 1 aromatic carbocycles. The summed E-state index contributed by atoms with van der Waals surface area (Å²) in [5.41, 5.74) is 0.475. The molecule has 3 saturated heterocycles. The van der Waals surface area contributed by atoms with Crippen molar-refractivity contribution in [2.24, 2.45) is 0 Å². The summed E-state index contributed by atoms with van der Waals surface area (Å²) < 4.78 is 63.2. The number of benzene rings is 1. The summed E-state index contributed by atoms with van der Waals surface area (Å²) in [6.45, 7) is 3.01. The Morgan fingerprint density at radius 2 is 1.30 bits per heavy atom. The highest BCUT2D eigenvalue weighted by Gasteiger charge is 2.38. The third-order valence-corrected chi connectivity index (χ3v) is 11.3. The second kappa shape index (κ2) is 12.1. The standard InChI is InChI=1S/C22H35ClN6O6S2/c1-35-21-6-5-19(23)17-20(21)24-22(30)18-25-9-11-27(12-10-25)37(33,34)29-15-13-28(14-16-29)36(31,32)26-7-3-2-4-8-26/h5-6,17H,2-4,7-16,18H2,1H3,(H,24,30). The van der Waals surface area contributed by atoms with E-state index >= 15 is 0 Å². The van der Waals surface area contributed by atoms with Crippen molar-refractivity contribution in [3.8, 4) is 5.75 Å². The number of rotatable bonds is 8. The van der Waals surface area contributed by atoms with Crippen molar-refractivity contribution in [2.75, 3.05) is 84.4 Å². The lowest BCUT2D eigenvalue weighted by atomic mass is 10.2. The van der Waals surface area contributed by atoms with Crippen molar-refractivity contribution in [1.29, 1.82) is 0 Å². The fourth-order valence-corrected chi connectivity index (χ4v) is 8.26. The molecule has 0 aromatic heterocycles. The Hall–Kier alpha value is -1.52. The van der Waals surface area contributed by atoms with Crippen molar-refractivity contribution in [1.82, 2.24) is 22.1 Å². The molecule has 1 N–H and O–H groups in total. The quantitative estimate of drug-likeness (QED) is 0.476. The number of piperazine rings is 2. The van der Waals surface area contributed by atoms with Gasteiger partial charge in [0.05, 0.1) is 19.3 Å². The van der Waals surface area contributed by atoms with E-state index < -0.39 is 20.4 Å². The van der Waals surface area contributed by atoms with E-state index in [-0.39, 0.29) is 51.7 Å². The van der Waals surface area contributed by atoms with Gasteiger partial charge >= 0.3 is 0 Å². The van der Waals surface area contributed by atoms with Crippen LogP contribution in [0, 0.1) is 0 Å². The Balaban J connectivity index is 1.26. The molecule has 3 heterocycles. The Morgan fingerprint density at radius 1 is 0.811 bits per heavy atom. The molecule has 12 nitrogen and oxygen atoms in total. The molecule has 37 heavy (non-hydrogen) atoms. The molecule has 3 aliphatic heterocycles. The van der Waals surface area contributed by atoms with Gasteiger partial charge in [-0.25, -0.2) is 0 Å². The smallest absolute Gasteiger partial charge is 0.282 e. The highest BCUT2D eigenvalue weighted by molar-refractivity contribution is 7.87. The molecule has 15 heteroatoms. The summed E-state index contributed by atoms with van der Waals surface area (Å²) in [5.74, 6) is 0.250. The molecule has 0 radical (unpaired) electrons. The van der Waals surface area contributed by atoms with Crippen molar-refractivity contribution in [3.63, 3.8) is 0 Å². The number of methoxy groups -OCH3 is 1. The Labute approximate surface area is 224 Å². The van der Waals surface area contributed by atoms with Crippen molar-refractivity contribution < 1.29 is 26.4 Å². The first-order valence-electron chi connectivity index (χ1n) is 12.5. The maximum atomic E-state index is 13.2. The van der Waals surface area contributed by atoms with E-state index in [1.807, 2.05) is 4.90 Å². The summed E-state index contributed by atoms with van der Waals surface area (Å²) >= 11 is 6.02. The second-order valence-electron chi connectivity index (χ2n) is 9.34. The molecule has 0 spiro atoms. The van der Waals surface area contributed by atoms with Gasteiger partial charge in [-0.3, -0.25) is 9.69 Å². The van der Waals surface area contributed by atoms with Gasteiger partial charge in [0.25, 0.3) is 20.4 Å². The number of carbonyl (C=O) groups is 1. The molecule has 0 atom stereocenters. The fraction of sp³-hybridized carbons (Fsp3) is 0.682. The van der Waals surface area contributed by atoms with Crippen LogP contribution in [-0.4, -0.2) is 124 Å². The zero-order valence-electron chi connectivity index (χ0n) is 21.0. The fourth-order valence-electron chi connectivity index (χ4n) is 4.84. The van der Waals surface area contributed by atoms with Crippen LogP contribution < -0.4 is 10.1 Å². The van der Waals surface area contributed by atoms with E-state index in [0.29, 0.717) is 42.6 Å². The van der Waals surface area contributed by atoms with E-state index in [9.17, 15) is 21.6 Å². The number of halogens is 1. The van der Waals surface area contributed by atoms with Gasteiger partial charge < -0.3 is 10.1 Å². The lowest BCUT2D eigenvalue weighted by Gasteiger charge is -2.40. The molecule has 1 aromatic rings. The number of nitrogens with one attached hydrogen (secondary N) is 1. The number of hydrogen-bond acceptors (Lipinski definition) is 7. The van der Waals surface area contributed by atoms with E-state index in [0.717, 1.165) is 19.3 Å². The molecular formula is C22H35ClN6O6S2. The zero-order valence-corrected chi connectivity index (χ0v) is 23.4.